The molecule has 14 heavy (non-hydrogen) atoms. The molecule has 2 rings (SSSR count). The van der Waals surface area contributed by atoms with Crippen molar-refractivity contribution in [3.8, 4) is 0 Å². The van der Waals surface area contributed by atoms with Gasteiger partial charge in [-0.1, -0.05) is 30.3 Å². The first-order valence-electron chi connectivity index (χ1n) is 4.28. The lowest BCUT2D eigenvalue weighted by Gasteiger charge is -2.03. The fraction of sp³-hybridized carbons (Fsp3) is 0.100. The molecule has 3 nitrogen and oxygen atoms in total. The molecule has 0 saturated heterocycles. The topological polar surface area (TPSA) is 43.8 Å². The zero-order valence-electron chi connectivity index (χ0n) is 7.52. The van der Waals surface area contributed by atoms with E-state index in [-0.39, 0.29) is 0 Å². The number of hydrogen-bond donors (Lipinski definition) is 1. The number of nitrogens with two attached hydrogens (primary N) is 1. The van der Waals surface area contributed by atoms with Crippen molar-refractivity contribution in [2.24, 2.45) is 0 Å². The van der Waals surface area contributed by atoms with Crippen LogP contribution in [0.1, 0.15) is 5.56 Å². The summed E-state index contributed by atoms with van der Waals surface area (Å²) in [6, 6.07) is 11.9. The van der Waals surface area contributed by atoms with Crippen molar-refractivity contribution in [2.45, 2.75) is 6.54 Å². The summed E-state index contributed by atoms with van der Waals surface area (Å²) in [7, 11) is 0. The quantitative estimate of drug-likeness (QED) is 0.890. The fourth-order valence-electron chi connectivity index (χ4n) is 1.28. The molecular formula is C10H10BrN3. The van der Waals surface area contributed by atoms with Gasteiger partial charge in [-0.15, -0.1) is 0 Å². The van der Waals surface area contributed by atoms with E-state index in [0.717, 1.165) is 4.60 Å². The van der Waals surface area contributed by atoms with Crippen molar-refractivity contribution in [1.82, 2.24) is 9.78 Å². The van der Waals surface area contributed by atoms with Crippen LogP contribution in [0.15, 0.2) is 41.0 Å². The van der Waals surface area contributed by atoms with Gasteiger partial charge in [0.1, 0.15) is 10.4 Å². The van der Waals surface area contributed by atoms with Crippen LogP contribution in [-0.2, 0) is 6.54 Å². The van der Waals surface area contributed by atoms with E-state index in [1.54, 1.807) is 10.7 Å². The number of benzene rings is 1. The summed E-state index contributed by atoms with van der Waals surface area (Å²) in [6.07, 6.45) is 0. The third kappa shape index (κ3) is 1.96. The molecule has 0 radical (unpaired) electrons. The Labute approximate surface area is 90.7 Å². The average Bonchev–Trinajstić information content (AvgIpc) is 2.47. The van der Waals surface area contributed by atoms with E-state index in [2.05, 4.69) is 33.2 Å². The second kappa shape index (κ2) is 3.84. The number of halogens is 1. The van der Waals surface area contributed by atoms with E-state index in [9.17, 15) is 0 Å². The zero-order valence-corrected chi connectivity index (χ0v) is 9.11. The highest BCUT2D eigenvalue weighted by Crippen LogP contribution is 2.13. The maximum absolute atomic E-state index is 5.76. The number of rotatable bonds is 2. The molecule has 0 aliphatic rings. The summed E-state index contributed by atoms with van der Waals surface area (Å²) in [5, 5.41) is 4.21. The first-order valence-corrected chi connectivity index (χ1v) is 5.08. The van der Waals surface area contributed by atoms with Gasteiger partial charge in [-0.25, -0.2) is 4.68 Å². The maximum Gasteiger partial charge on any atom is 0.130 e. The molecule has 0 unspecified atom stereocenters. The zero-order chi connectivity index (χ0) is 9.97. The number of nitrogen functional groups attached to an aromatic ring is 1. The first kappa shape index (κ1) is 9.27. The Morgan fingerprint density at radius 3 is 2.57 bits per heavy atom. The molecule has 1 heterocycles. The van der Waals surface area contributed by atoms with Gasteiger partial charge < -0.3 is 5.73 Å². The Morgan fingerprint density at radius 1 is 1.29 bits per heavy atom. The van der Waals surface area contributed by atoms with Gasteiger partial charge in [0.05, 0.1) is 6.54 Å². The minimum absolute atomic E-state index is 0.667. The predicted octanol–water partition coefficient (Wildman–Crippen LogP) is 2.28. The highest BCUT2D eigenvalue weighted by atomic mass is 79.9. The van der Waals surface area contributed by atoms with Gasteiger partial charge in [-0.2, -0.15) is 5.10 Å². The van der Waals surface area contributed by atoms with Gasteiger partial charge in [0.25, 0.3) is 0 Å². The van der Waals surface area contributed by atoms with Crippen molar-refractivity contribution < 1.29 is 0 Å². The normalized spacial score (nSPS) is 10.4. The molecule has 0 amide bonds. The minimum Gasteiger partial charge on any atom is -0.384 e. The van der Waals surface area contributed by atoms with Gasteiger partial charge >= 0.3 is 0 Å². The van der Waals surface area contributed by atoms with Crippen LogP contribution in [0.2, 0.25) is 0 Å². The molecule has 0 fully saturated rings. The molecule has 2 N–H and O–H groups in total. The molecular weight excluding hydrogens is 242 g/mol. The number of aromatic nitrogens is 2. The first-order chi connectivity index (χ1) is 6.75. The monoisotopic (exact) mass is 251 g/mol. The van der Waals surface area contributed by atoms with E-state index >= 15 is 0 Å². The van der Waals surface area contributed by atoms with Crippen molar-refractivity contribution in [2.75, 3.05) is 5.73 Å². The highest BCUT2D eigenvalue weighted by molar-refractivity contribution is 9.10. The number of hydrogen-bond acceptors (Lipinski definition) is 2. The average molecular weight is 252 g/mol. The summed E-state index contributed by atoms with van der Waals surface area (Å²) in [4.78, 5) is 0. The molecule has 0 atom stereocenters. The van der Waals surface area contributed by atoms with Crippen molar-refractivity contribution in [3.63, 3.8) is 0 Å². The van der Waals surface area contributed by atoms with Gasteiger partial charge in [0.2, 0.25) is 0 Å². The van der Waals surface area contributed by atoms with Crippen LogP contribution in [0, 0.1) is 0 Å². The largest absolute Gasteiger partial charge is 0.384 e. The summed E-state index contributed by atoms with van der Waals surface area (Å²) in [6.45, 7) is 0.707. The fourth-order valence-corrected chi connectivity index (χ4v) is 1.71. The smallest absolute Gasteiger partial charge is 0.130 e. The van der Waals surface area contributed by atoms with Crippen LogP contribution >= 0.6 is 15.9 Å². The van der Waals surface area contributed by atoms with Crippen LogP contribution in [0.4, 0.5) is 5.82 Å². The second-order valence-electron chi connectivity index (χ2n) is 3.04. The van der Waals surface area contributed by atoms with Crippen LogP contribution in [0.3, 0.4) is 0 Å². The van der Waals surface area contributed by atoms with E-state index in [1.807, 2.05) is 18.2 Å². The van der Waals surface area contributed by atoms with Gasteiger partial charge in [0.15, 0.2) is 0 Å². The minimum atomic E-state index is 0.667. The van der Waals surface area contributed by atoms with Gasteiger partial charge in [-0.3, -0.25) is 0 Å². The lowest BCUT2D eigenvalue weighted by Crippen LogP contribution is -2.05. The van der Waals surface area contributed by atoms with E-state index in [0.29, 0.717) is 12.4 Å². The Kier molecular flexibility index (Phi) is 2.54. The molecule has 0 bridgehead atoms. The molecule has 0 aliphatic carbocycles. The van der Waals surface area contributed by atoms with Crippen molar-refractivity contribution in [1.29, 1.82) is 0 Å². The molecule has 2 aromatic rings. The SMILES string of the molecule is Nc1cc(Br)nn1Cc1ccccc1. The lowest BCUT2D eigenvalue weighted by molar-refractivity contribution is 0.692. The summed E-state index contributed by atoms with van der Waals surface area (Å²) in [5.41, 5.74) is 6.95. The van der Waals surface area contributed by atoms with Crippen LogP contribution in [-0.4, -0.2) is 9.78 Å². The third-order valence-corrected chi connectivity index (χ3v) is 2.34. The summed E-state index contributed by atoms with van der Waals surface area (Å²) < 4.78 is 2.53. The predicted molar refractivity (Wildman–Crippen MR) is 59.9 cm³/mol. The number of anilines is 1. The van der Waals surface area contributed by atoms with Crippen molar-refractivity contribution >= 4 is 21.7 Å². The van der Waals surface area contributed by atoms with E-state index in [1.165, 1.54) is 5.56 Å². The maximum atomic E-state index is 5.76. The molecule has 0 spiro atoms. The number of nitrogens with zero attached hydrogens (tertiary/aromatic N) is 2. The molecule has 72 valence electrons. The molecule has 0 aliphatic heterocycles. The molecule has 0 saturated carbocycles. The highest BCUT2D eigenvalue weighted by Gasteiger charge is 2.02. The summed E-state index contributed by atoms with van der Waals surface area (Å²) in [5.74, 6) is 0.667. The van der Waals surface area contributed by atoms with Crippen LogP contribution in [0.25, 0.3) is 0 Å². The lowest BCUT2D eigenvalue weighted by atomic mass is 10.2. The molecule has 1 aromatic heterocycles. The summed E-state index contributed by atoms with van der Waals surface area (Å²) >= 11 is 3.28. The standard InChI is InChI=1S/C10H10BrN3/c11-9-6-10(12)14(13-9)7-8-4-2-1-3-5-8/h1-6H,7,12H2. The second-order valence-corrected chi connectivity index (χ2v) is 3.85. The Morgan fingerprint density at radius 2 is 2.00 bits per heavy atom. The van der Waals surface area contributed by atoms with E-state index in [4.69, 9.17) is 5.73 Å². The Balaban J connectivity index is 2.23. The molecule has 1 aromatic carbocycles. The van der Waals surface area contributed by atoms with Gasteiger partial charge in [0, 0.05) is 6.07 Å². The van der Waals surface area contributed by atoms with Crippen LogP contribution in [0.5, 0.6) is 0 Å². The van der Waals surface area contributed by atoms with Crippen molar-refractivity contribution in [3.05, 3.63) is 46.6 Å². The van der Waals surface area contributed by atoms with Gasteiger partial charge in [-0.05, 0) is 21.5 Å². The van der Waals surface area contributed by atoms with Crippen LogP contribution < -0.4 is 5.73 Å². The van der Waals surface area contributed by atoms with E-state index < -0.39 is 0 Å². The molecule has 4 heteroatoms. The Hall–Kier alpha value is -1.29. The Bertz CT molecular complexity index is 422. The third-order valence-electron chi connectivity index (χ3n) is 1.96.